The van der Waals surface area contributed by atoms with Crippen LogP contribution in [0.3, 0.4) is 0 Å². The summed E-state index contributed by atoms with van der Waals surface area (Å²) in [6, 6.07) is 13.8. The van der Waals surface area contributed by atoms with Crippen LogP contribution in [0.1, 0.15) is 12.5 Å². The molecule has 0 unspecified atom stereocenters. The number of phenolic OH excluding ortho intramolecular Hbond substituents is 1. The maximum Gasteiger partial charge on any atom is 0.331 e. The first kappa shape index (κ1) is 19.1. The van der Waals surface area contributed by atoms with Crippen molar-refractivity contribution in [2.24, 2.45) is 0 Å². The van der Waals surface area contributed by atoms with Gasteiger partial charge in [0.2, 0.25) is 0 Å². The summed E-state index contributed by atoms with van der Waals surface area (Å²) in [7, 11) is 3.06. The summed E-state index contributed by atoms with van der Waals surface area (Å²) in [5.41, 5.74) is 1.36. The number of para-hydroxylation sites is 1. The second kappa shape index (κ2) is 8.71. The molecule has 1 N–H and O–H groups in total. The van der Waals surface area contributed by atoms with Crippen LogP contribution in [0.25, 0.3) is 6.08 Å². The van der Waals surface area contributed by atoms with Crippen molar-refractivity contribution in [1.82, 2.24) is 0 Å². The molecule has 0 bridgehead atoms. The highest BCUT2D eigenvalue weighted by atomic mass is 16.5. The summed E-state index contributed by atoms with van der Waals surface area (Å²) in [5.74, 6) is -0.660. The number of phenols is 1. The van der Waals surface area contributed by atoms with Crippen molar-refractivity contribution in [3.63, 3.8) is 0 Å². The van der Waals surface area contributed by atoms with E-state index in [2.05, 4.69) is 0 Å². The molecule has 6 nitrogen and oxygen atoms in total. The molecule has 2 aromatic rings. The third-order valence-electron chi connectivity index (χ3n) is 3.73. The van der Waals surface area contributed by atoms with Gasteiger partial charge in [-0.25, -0.2) is 4.79 Å². The SMILES string of the molecule is COc1cc(/C=C/C(=O)O[C@@H](C)C(=O)N(C)c2ccccc2)ccc1O. The molecule has 26 heavy (non-hydrogen) atoms. The van der Waals surface area contributed by atoms with E-state index in [1.165, 1.54) is 37.2 Å². The lowest BCUT2D eigenvalue weighted by molar-refractivity contribution is -0.148. The number of benzene rings is 2. The lowest BCUT2D eigenvalue weighted by atomic mass is 10.2. The summed E-state index contributed by atoms with van der Waals surface area (Å²) >= 11 is 0. The van der Waals surface area contributed by atoms with Gasteiger partial charge in [-0.3, -0.25) is 4.79 Å². The van der Waals surface area contributed by atoms with Gasteiger partial charge in [0.05, 0.1) is 7.11 Å². The lowest BCUT2D eigenvalue weighted by Gasteiger charge is -2.21. The van der Waals surface area contributed by atoms with Crippen molar-refractivity contribution < 1.29 is 24.2 Å². The van der Waals surface area contributed by atoms with Crippen LogP contribution in [-0.2, 0) is 14.3 Å². The van der Waals surface area contributed by atoms with E-state index in [9.17, 15) is 14.7 Å². The minimum absolute atomic E-state index is 0.00962. The maximum atomic E-state index is 12.4. The first-order valence-electron chi connectivity index (χ1n) is 8.00. The van der Waals surface area contributed by atoms with Crippen LogP contribution >= 0.6 is 0 Å². The van der Waals surface area contributed by atoms with Crippen LogP contribution in [0.2, 0.25) is 0 Å². The number of aromatic hydroxyl groups is 1. The third kappa shape index (κ3) is 4.86. The summed E-state index contributed by atoms with van der Waals surface area (Å²) in [6.07, 6.45) is 1.81. The van der Waals surface area contributed by atoms with Crippen LogP contribution in [0, 0.1) is 0 Å². The quantitative estimate of drug-likeness (QED) is 0.637. The monoisotopic (exact) mass is 355 g/mol. The Bertz CT molecular complexity index is 801. The topological polar surface area (TPSA) is 76.1 Å². The number of esters is 1. The van der Waals surface area contributed by atoms with Crippen LogP contribution in [0.5, 0.6) is 11.5 Å². The van der Waals surface area contributed by atoms with Crippen molar-refractivity contribution in [3.05, 3.63) is 60.2 Å². The van der Waals surface area contributed by atoms with E-state index in [1.54, 1.807) is 31.3 Å². The molecule has 0 fully saturated rings. The number of carbonyl (C=O) groups excluding carboxylic acids is 2. The lowest BCUT2D eigenvalue weighted by Crippen LogP contribution is -2.37. The molecule has 0 aliphatic heterocycles. The van der Waals surface area contributed by atoms with E-state index < -0.39 is 12.1 Å². The molecule has 0 radical (unpaired) electrons. The molecule has 0 saturated carbocycles. The zero-order valence-electron chi connectivity index (χ0n) is 14.9. The van der Waals surface area contributed by atoms with Crippen LogP contribution in [0.15, 0.2) is 54.6 Å². The van der Waals surface area contributed by atoms with Crippen LogP contribution < -0.4 is 9.64 Å². The zero-order valence-corrected chi connectivity index (χ0v) is 14.9. The molecule has 0 aliphatic rings. The van der Waals surface area contributed by atoms with Gasteiger partial charge in [0, 0.05) is 18.8 Å². The Morgan fingerprint density at radius 1 is 1.15 bits per heavy atom. The number of amides is 1. The van der Waals surface area contributed by atoms with Gasteiger partial charge in [-0.2, -0.15) is 0 Å². The number of anilines is 1. The van der Waals surface area contributed by atoms with Crippen LogP contribution in [0.4, 0.5) is 5.69 Å². The van der Waals surface area contributed by atoms with Crippen molar-refractivity contribution in [2.75, 3.05) is 19.1 Å². The second-order valence-corrected chi connectivity index (χ2v) is 5.58. The number of carbonyl (C=O) groups is 2. The number of rotatable bonds is 6. The normalized spacial score (nSPS) is 11.8. The van der Waals surface area contributed by atoms with E-state index in [1.807, 2.05) is 18.2 Å². The molecule has 0 aromatic heterocycles. The number of nitrogens with zero attached hydrogens (tertiary/aromatic N) is 1. The summed E-state index contributed by atoms with van der Waals surface area (Å²) in [6.45, 7) is 1.52. The van der Waals surface area contributed by atoms with Gasteiger partial charge in [-0.05, 0) is 42.8 Å². The van der Waals surface area contributed by atoms with Gasteiger partial charge >= 0.3 is 5.97 Å². The fourth-order valence-corrected chi connectivity index (χ4v) is 2.28. The Hall–Kier alpha value is -3.28. The highest BCUT2D eigenvalue weighted by molar-refractivity contribution is 5.98. The average molecular weight is 355 g/mol. The minimum Gasteiger partial charge on any atom is -0.504 e. The van der Waals surface area contributed by atoms with Crippen molar-refractivity contribution in [1.29, 1.82) is 0 Å². The third-order valence-corrected chi connectivity index (χ3v) is 3.73. The molecule has 2 rings (SSSR count). The largest absolute Gasteiger partial charge is 0.504 e. The zero-order chi connectivity index (χ0) is 19.1. The highest BCUT2D eigenvalue weighted by Crippen LogP contribution is 2.26. The maximum absolute atomic E-state index is 12.4. The van der Waals surface area contributed by atoms with Gasteiger partial charge in [-0.15, -0.1) is 0 Å². The molecular formula is C20H21NO5. The van der Waals surface area contributed by atoms with E-state index in [-0.39, 0.29) is 11.7 Å². The van der Waals surface area contributed by atoms with Crippen molar-refractivity contribution >= 4 is 23.6 Å². The fraction of sp³-hybridized carbons (Fsp3) is 0.200. The molecule has 0 aliphatic carbocycles. The number of hydrogen-bond acceptors (Lipinski definition) is 5. The summed E-state index contributed by atoms with van der Waals surface area (Å²) in [4.78, 5) is 25.7. The molecule has 1 amide bonds. The van der Waals surface area contributed by atoms with Crippen LogP contribution in [-0.4, -0.2) is 37.2 Å². The molecule has 0 heterocycles. The standard InChI is InChI=1S/C20H21NO5/c1-14(20(24)21(2)16-7-5-4-6-8-16)26-19(23)12-10-15-9-11-17(22)18(13-15)25-3/h4-14,22H,1-3H3/b12-10+/t14-/m0/s1. The number of ether oxygens (including phenoxy) is 2. The highest BCUT2D eigenvalue weighted by Gasteiger charge is 2.21. The number of hydrogen-bond donors (Lipinski definition) is 1. The molecule has 136 valence electrons. The first-order valence-corrected chi connectivity index (χ1v) is 8.00. The fourth-order valence-electron chi connectivity index (χ4n) is 2.28. The Kier molecular flexibility index (Phi) is 6.38. The van der Waals surface area contributed by atoms with Crippen molar-refractivity contribution in [2.45, 2.75) is 13.0 Å². The Morgan fingerprint density at radius 2 is 1.85 bits per heavy atom. The predicted molar refractivity (Wildman–Crippen MR) is 99.1 cm³/mol. The van der Waals surface area contributed by atoms with E-state index in [4.69, 9.17) is 9.47 Å². The summed E-state index contributed by atoms with van der Waals surface area (Å²) in [5, 5.41) is 9.56. The first-order chi connectivity index (χ1) is 12.4. The van der Waals surface area contributed by atoms with E-state index in [0.717, 1.165) is 0 Å². The van der Waals surface area contributed by atoms with Gasteiger partial charge in [0.1, 0.15) is 0 Å². The Morgan fingerprint density at radius 3 is 2.50 bits per heavy atom. The molecule has 2 aromatic carbocycles. The minimum atomic E-state index is -0.924. The smallest absolute Gasteiger partial charge is 0.331 e. The van der Waals surface area contributed by atoms with Gasteiger partial charge in [0.15, 0.2) is 17.6 Å². The Balaban J connectivity index is 1.97. The number of methoxy groups -OCH3 is 1. The van der Waals surface area contributed by atoms with Gasteiger partial charge < -0.3 is 19.5 Å². The molecule has 1 atom stereocenters. The summed E-state index contributed by atoms with van der Waals surface area (Å²) < 4.78 is 10.2. The molecule has 6 heteroatoms. The predicted octanol–water partition coefficient (Wildman–Crippen LogP) is 3.01. The number of likely N-dealkylation sites (N-methyl/N-ethyl adjacent to an activating group) is 1. The molecule has 0 saturated heterocycles. The van der Waals surface area contributed by atoms with E-state index in [0.29, 0.717) is 17.0 Å². The van der Waals surface area contributed by atoms with Gasteiger partial charge in [0.25, 0.3) is 5.91 Å². The average Bonchev–Trinajstić information content (AvgIpc) is 2.66. The second-order valence-electron chi connectivity index (χ2n) is 5.58. The van der Waals surface area contributed by atoms with E-state index >= 15 is 0 Å². The van der Waals surface area contributed by atoms with Gasteiger partial charge in [-0.1, -0.05) is 24.3 Å². The molecule has 0 spiro atoms. The van der Waals surface area contributed by atoms with Crippen molar-refractivity contribution in [3.8, 4) is 11.5 Å². The molecular weight excluding hydrogens is 334 g/mol. The Labute approximate surface area is 152 Å².